The molecule has 1 aliphatic carbocycles. The number of Topliss-reactive ketones (excluding diaryl/α,β-unsaturated/α-hetero) is 1. The van der Waals surface area contributed by atoms with Crippen molar-refractivity contribution in [2.75, 3.05) is 4.90 Å². The lowest BCUT2D eigenvalue weighted by Gasteiger charge is -2.38. The van der Waals surface area contributed by atoms with Gasteiger partial charge in [-0.05, 0) is 36.6 Å². The number of nitro groups is 1. The van der Waals surface area contributed by atoms with Crippen molar-refractivity contribution < 1.29 is 14.5 Å². The van der Waals surface area contributed by atoms with E-state index in [-0.39, 0.29) is 28.8 Å². The molecule has 1 amide bonds. The zero-order valence-electron chi connectivity index (χ0n) is 15.5. The van der Waals surface area contributed by atoms with Crippen molar-refractivity contribution in [3.05, 3.63) is 78.4 Å². The van der Waals surface area contributed by atoms with Crippen LogP contribution >= 0.6 is 34.8 Å². The van der Waals surface area contributed by atoms with Crippen LogP contribution in [0.5, 0.6) is 0 Å². The predicted octanol–water partition coefficient (Wildman–Crippen LogP) is 6.08. The molecule has 30 heavy (non-hydrogen) atoms. The number of nitro benzene ring substituents is 1. The van der Waals surface area contributed by atoms with Crippen LogP contribution in [0.2, 0.25) is 15.1 Å². The second-order valence-electron chi connectivity index (χ2n) is 7.19. The van der Waals surface area contributed by atoms with E-state index in [0.29, 0.717) is 46.3 Å². The first kappa shape index (κ1) is 20.8. The Labute approximate surface area is 187 Å². The van der Waals surface area contributed by atoms with Gasteiger partial charge in [-0.1, -0.05) is 40.9 Å². The zero-order valence-corrected chi connectivity index (χ0v) is 17.8. The molecule has 0 fully saturated rings. The fraction of sp³-hybridized carbons (Fsp3) is 0.238. The van der Waals surface area contributed by atoms with Gasteiger partial charge in [-0.2, -0.15) is 0 Å². The summed E-state index contributed by atoms with van der Waals surface area (Å²) in [6.45, 7) is 0. The number of carbonyl (C=O) groups is 2. The normalized spacial score (nSPS) is 19.2. The molecular weight excluding hydrogens is 451 g/mol. The maximum absolute atomic E-state index is 13.2. The molecule has 0 bridgehead atoms. The molecule has 2 aromatic carbocycles. The topological polar surface area (TPSA) is 80.5 Å². The van der Waals surface area contributed by atoms with Crippen molar-refractivity contribution in [3.63, 3.8) is 0 Å². The summed E-state index contributed by atoms with van der Waals surface area (Å²) < 4.78 is 0. The van der Waals surface area contributed by atoms with Crippen molar-refractivity contribution in [3.8, 4) is 0 Å². The van der Waals surface area contributed by atoms with Crippen LogP contribution in [0.15, 0.2) is 47.7 Å². The first-order chi connectivity index (χ1) is 14.3. The Morgan fingerprint density at radius 3 is 2.40 bits per heavy atom. The highest BCUT2D eigenvalue weighted by Gasteiger charge is 2.40. The molecule has 9 heteroatoms. The number of anilines is 1. The van der Waals surface area contributed by atoms with Gasteiger partial charge in [0.25, 0.3) is 5.69 Å². The molecule has 0 aromatic heterocycles. The summed E-state index contributed by atoms with van der Waals surface area (Å²) in [5, 5.41) is 11.8. The van der Waals surface area contributed by atoms with Crippen molar-refractivity contribution in [2.45, 2.75) is 31.6 Å². The van der Waals surface area contributed by atoms with Crippen LogP contribution < -0.4 is 4.90 Å². The quantitative estimate of drug-likeness (QED) is 0.406. The van der Waals surface area contributed by atoms with Crippen molar-refractivity contribution in [1.29, 1.82) is 0 Å². The maximum atomic E-state index is 13.2. The van der Waals surface area contributed by atoms with E-state index in [0.717, 1.165) is 5.56 Å². The van der Waals surface area contributed by atoms with Crippen LogP contribution in [0, 0.1) is 10.1 Å². The third-order valence-corrected chi connectivity index (χ3v) is 6.45. The highest BCUT2D eigenvalue weighted by Crippen LogP contribution is 2.45. The monoisotopic (exact) mass is 464 g/mol. The smallest absolute Gasteiger partial charge is 0.271 e. The van der Waals surface area contributed by atoms with Crippen molar-refractivity contribution in [2.24, 2.45) is 0 Å². The number of ketones is 1. The number of hydrogen-bond donors (Lipinski definition) is 0. The van der Waals surface area contributed by atoms with Crippen LogP contribution in [0.4, 0.5) is 11.4 Å². The Balaban J connectivity index is 1.85. The van der Waals surface area contributed by atoms with Gasteiger partial charge < -0.3 is 0 Å². The van der Waals surface area contributed by atoms with E-state index in [9.17, 15) is 19.7 Å². The summed E-state index contributed by atoms with van der Waals surface area (Å²) in [7, 11) is 0. The number of halogens is 3. The van der Waals surface area contributed by atoms with E-state index in [1.807, 2.05) is 0 Å². The molecule has 0 N–H and O–H groups in total. The average Bonchev–Trinajstić information content (AvgIpc) is 2.70. The van der Waals surface area contributed by atoms with Crippen LogP contribution in [0.25, 0.3) is 0 Å². The van der Waals surface area contributed by atoms with Gasteiger partial charge in [-0.15, -0.1) is 0 Å². The van der Waals surface area contributed by atoms with Gasteiger partial charge in [0.2, 0.25) is 5.91 Å². The van der Waals surface area contributed by atoms with E-state index in [1.54, 1.807) is 18.2 Å². The highest BCUT2D eigenvalue weighted by atomic mass is 35.5. The molecule has 154 valence electrons. The molecule has 0 saturated carbocycles. The number of benzene rings is 2. The lowest BCUT2D eigenvalue weighted by Crippen LogP contribution is -2.40. The summed E-state index contributed by atoms with van der Waals surface area (Å²) >= 11 is 18.5. The maximum Gasteiger partial charge on any atom is 0.271 e. The van der Waals surface area contributed by atoms with E-state index >= 15 is 0 Å². The van der Waals surface area contributed by atoms with Crippen LogP contribution in [-0.2, 0) is 9.59 Å². The molecule has 0 saturated heterocycles. The predicted molar refractivity (Wildman–Crippen MR) is 115 cm³/mol. The number of hydrogen-bond acceptors (Lipinski definition) is 4. The molecule has 0 spiro atoms. The average molecular weight is 466 g/mol. The molecule has 1 unspecified atom stereocenters. The Kier molecular flexibility index (Phi) is 5.57. The standard InChI is InChI=1S/C21H15Cl3N2O4/c22-14-6-4-11(8-15(14)23)13-10-20(28)25(18-2-1-3-19(27)21(13)18)17-7-5-12(26(29)30)9-16(17)24/h4-9,13H,1-3,10H2. The molecule has 1 heterocycles. The number of carbonyl (C=O) groups excluding carboxylic acids is 2. The molecule has 2 aromatic rings. The third kappa shape index (κ3) is 3.60. The minimum atomic E-state index is -0.553. The minimum absolute atomic E-state index is 0.0251. The molecule has 6 nitrogen and oxygen atoms in total. The second kappa shape index (κ2) is 8.02. The second-order valence-corrected chi connectivity index (χ2v) is 8.41. The molecule has 4 rings (SSSR count). The van der Waals surface area contributed by atoms with E-state index in [1.165, 1.54) is 23.1 Å². The Morgan fingerprint density at radius 1 is 0.967 bits per heavy atom. The third-order valence-electron chi connectivity index (χ3n) is 5.40. The fourth-order valence-electron chi connectivity index (χ4n) is 4.08. The lowest BCUT2D eigenvalue weighted by atomic mass is 9.77. The van der Waals surface area contributed by atoms with E-state index in [2.05, 4.69) is 0 Å². The summed E-state index contributed by atoms with van der Waals surface area (Å²) in [6.07, 6.45) is 1.58. The summed E-state index contributed by atoms with van der Waals surface area (Å²) in [5.74, 6) is -0.693. The lowest BCUT2D eigenvalue weighted by molar-refractivity contribution is -0.384. The SMILES string of the molecule is O=C1CCCC2=C1C(c1ccc(Cl)c(Cl)c1)CC(=O)N2c1ccc([N+](=O)[O-])cc1Cl. The fourth-order valence-corrected chi connectivity index (χ4v) is 4.64. The minimum Gasteiger partial charge on any atom is -0.294 e. The largest absolute Gasteiger partial charge is 0.294 e. The molecule has 1 aliphatic heterocycles. The van der Waals surface area contributed by atoms with Gasteiger partial charge in [0.05, 0.1) is 25.7 Å². The Morgan fingerprint density at radius 2 is 1.73 bits per heavy atom. The van der Waals surface area contributed by atoms with E-state index < -0.39 is 10.8 Å². The summed E-state index contributed by atoms with van der Waals surface area (Å²) in [4.78, 5) is 38.0. The highest BCUT2D eigenvalue weighted by molar-refractivity contribution is 6.42. The van der Waals surface area contributed by atoms with Crippen molar-refractivity contribution >= 4 is 57.9 Å². The molecular formula is C21H15Cl3N2O4. The molecule has 0 radical (unpaired) electrons. The number of non-ortho nitro benzene ring substituents is 1. The van der Waals surface area contributed by atoms with Crippen LogP contribution in [-0.4, -0.2) is 16.6 Å². The van der Waals surface area contributed by atoms with Gasteiger partial charge in [0.15, 0.2) is 5.78 Å². The number of nitrogens with zero attached hydrogens (tertiary/aromatic N) is 2. The summed E-state index contributed by atoms with van der Waals surface area (Å²) in [5.41, 5.74) is 2.07. The number of rotatable bonds is 3. The van der Waals surface area contributed by atoms with Crippen molar-refractivity contribution in [1.82, 2.24) is 0 Å². The van der Waals surface area contributed by atoms with Gasteiger partial charge >= 0.3 is 0 Å². The molecule has 2 aliphatic rings. The summed E-state index contributed by atoms with van der Waals surface area (Å²) in [6, 6.07) is 9.05. The number of allylic oxidation sites excluding steroid dienone is 2. The Bertz CT molecular complexity index is 1130. The first-order valence-electron chi connectivity index (χ1n) is 9.26. The Hall–Kier alpha value is -2.41. The first-order valence-corrected chi connectivity index (χ1v) is 10.4. The van der Waals surface area contributed by atoms with Gasteiger partial charge in [-0.25, -0.2) is 0 Å². The van der Waals surface area contributed by atoms with E-state index in [4.69, 9.17) is 34.8 Å². The van der Waals surface area contributed by atoms with Gasteiger partial charge in [-0.3, -0.25) is 24.6 Å². The van der Waals surface area contributed by atoms with Gasteiger partial charge in [0.1, 0.15) is 0 Å². The van der Waals surface area contributed by atoms with Gasteiger partial charge in [0, 0.05) is 42.2 Å². The molecule has 1 atom stereocenters. The zero-order chi connectivity index (χ0) is 21.6. The van der Waals surface area contributed by atoms with Crippen LogP contribution in [0.1, 0.15) is 37.2 Å². The number of amides is 1. The van der Waals surface area contributed by atoms with Crippen LogP contribution in [0.3, 0.4) is 0 Å².